The van der Waals surface area contributed by atoms with Crippen LogP contribution in [0.3, 0.4) is 0 Å². The van der Waals surface area contributed by atoms with E-state index in [0.29, 0.717) is 24.6 Å². The summed E-state index contributed by atoms with van der Waals surface area (Å²) >= 11 is 6.00. The maximum absolute atomic E-state index is 9.59. The zero-order chi connectivity index (χ0) is 13.7. The molecular formula is C14H17ClN2O2. The highest BCUT2D eigenvalue weighted by Gasteiger charge is 2.05. The van der Waals surface area contributed by atoms with Gasteiger partial charge in [0.05, 0.1) is 18.2 Å². The minimum atomic E-state index is -0.450. The number of fused-ring (bicyclic) bond motifs is 1. The first-order valence-electron chi connectivity index (χ1n) is 6.16. The number of hydrogen-bond donors (Lipinski definition) is 2. The van der Waals surface area contributed by atoms with E-state index in [2.05, 4.69) is 10.3 Å². The maximum atomic E-state index is 9.59. The van der Waals surface area contributed by atoms with E-state index in [-0.39, 0.29) is 0 Å². The Kier molecular flexibility index (Phi) is 4.96. The fourth-order valence-electron chi connectivity index (χ4n) is 1.92. The summed E-state index contributed by atoms with van der Waals surface area (Å²) in [5.41, 5.74) is 1.86. The van der Waals surface area contributed by atoms with Crippen LogP contribution in [0.25, 0.3) is 10.9 Å². The summed E-state index contributed by atoms with van der Waals surface area (Å²) in [5.74, 6) is 0. The molecule has 0 aliphatic heterocycles. The lowest BCUT2D eigenvalue weighted by Crippen LogP contribution is -2.18. The molecule has 0 bridgehead atoms. The molecule has 0 aliphatic carbocycles. The Morgan fingerprint density at radius 1 is 1.42 bits per heavy atom. The summed E-state index contributed by atoms with van der Waals surface area (Å²) in [6, 6.07) is 7.50. The number of halogens is 1. The van der Waals surface area contributed by atoms with Gasteiger partial charge in [0.2, 0.25) is 0 Å². The summed E-state index contributed by atoms with van der Waals surface area (Å²) in [6.07, 6.45) is 1.93. The third kappa shape index (κ3) is 3.80. The van der Waals surface area contributed by atoms with Crippen molar-refractivity contribution in [1.29, 1.82) is 0 Å². The first-order valence-corrected chi connectivity index (χ1v) is 6.53. The molecule has 2 N–H and O–H groups in total. The van der Waals surface area contributed by atoms with Gasteiger partial charge in [-0.2, -0.15) is 0 Å². The average molecular weight is 281 g/mol. The minimum Gasteiger partial charge on any atom is -0.391 e. The highest BCUT2D eigenvalue weighted by atomic mass is 35.5. The van der Waals surface area contributed by atoms with Crippen molar-refractivity contribution in [3.63, 3.8) is 0 Å². The van der Waals surface area contributed by atoms with E-state index < -0.39 is 6.10 Å². The fraction of sp³-hybridized carbons (Fsp3) is 0.357. The Balaban J connectivity index is 2.06. The van der Waals surface area contributed by atoms with Crippen LogP contribution in [0.4, 0.5) is 5.69 Å². The second-order valence-electron chi connectivity index (χ2n) is 4.34. The van der Waals surface area contributed by atoms with Crippen molar-refractivity contribution in [2.75, 3.05) is 25.6 Å². The average Bonchev–Trinajstić information content (AvgIpc) is 2.39. The monoisotopic (exact) mass is 280 g/mol. The largest absolute Gasteiger partial charge is 0.391 e. The normalized spacial score (nSPS) is 12.6. The molecule has 1 atom stereocenters. The summed E-state index contributed by atoms with van der Waals surface area (Å²) in [6.45, 7) is 1.01. The molecule has 1 aromatic heterocycles. The number of aromatic nitrogens is 1. The van der Waals surface area contributed by atoms with Gasteiger partial charge in [0.1, 0.15) is 0 Å². The third-order valence-corrected chi connectivity index (χ3v) is 3.09. The summed E-state index contributed by atoms with van der Waals surface area (Å²) < 4.78 is 4.89. The predicted octanol–water partition coefficient (Wildman–Crippen LogP) is 2.70. The molecule has 2 rings (SSSR count). The Hall–Kier alpha value is -1.36. The third-order valence-electron chi connectivity index (χ3n) is 2.86. The second-order valence-corrected chi connectivity index (χ2v) is 4.78. The second kappa shape index (κ2) is 6.70. The summed E-state index contributed by atoms with van der Waals surface area (Å²) in [4.78, 5) is 4.29. The van der Waals surface area contributed by atoms with E-state index in [9.17, 15) is 5.11 Å². The first kappa shape index (κ1) is 14.1. The molecule has 1 heterocycles. The Bertz CT molecular complexity index is 548. The number of nitrogens with one attached hydrogen (secondary N) is 1. The Labute approximate surface area is 117 Å². The Morgan fingerprint density at radius 3 is 3.05 bits per heavy atom. The van der Waals surface area contributed by atoms with Gasteiger partial charge in [-0.05, 0) is 30.7 Å². The van der Waals surface area contributed by atoms with Crippen molar-refractivity contribution in [2.24, 2.45) is 0 Å². The Morgan fingerprint density at radius 2 is 2.26 bits per heavy atom. The number of ether oxygens (including phenoxy) is 1. The number of benzene rings is 1. The maximum Gasteiger partial charge on any atom is 0.0790 e. The van der Waals surface area contributed by atoms with Crippen LogP contribution in [0.1, 0.15) is 6.42 Å². The van der Waals surface area contributed by atoms with Crippen molar-refractivity contribution in [3.8, 4) is 0 Å². The number of aliphatic hydroxyl groups is 1. The molecule has 0 radical (unpaired) electrons. The van der Waals surface area contributed by atoms with Gasteiger partial charge in [0.15, 0.2) is 0 Å². The van der Waals surface area contributed by atoms with Gasteiger partial charge >= 0.3 is 0 Å². The molecule has 0 fully saturated rings. The standard InChI is InChI=1S/C14H17ClN2O2/c1-19-9-11(18)4-6-16-14-5-7-17-13-3-2-10(15)8-12(13)14/h2-3,5,7-8,11,18H,4,6,9H2,1H3,(H,16,17). The first-order chi connectivity index (χ1) is 9.20. The van der Waals surface area contributed by atoms with Crippen LogP contribution in [-0.2, 0) is 4.74 Å². The zero-order valence-corrected chi connectivity index (χ0v) is 11.5. The van der Waals surface area contributed by atoms with Crippen molar-refractivity contribution in [1.82, 2.24) is 4.98 Å². The molecule has 0 saturated carbocycles. The van der Waals surface area contributed by atoms with E-state index in [4.69, 9.17) is 16.3 Å². The van der Waals surface area contributed by atoms with E-state index in [0.717, 1.165) is 16.6 Å². The lowest BCUT2D eigenvalue weighted by Gasteiger charge is -2.12. The molecule has 2 aromatic rings. The number of pyridine rings is 1. The van der Waals surface area contributed by atoms with Crippen LogP contribution in [0, 0.1) is 0 Å². The van der Waals surface area contributed by atoms with Gasteiger partial charge < -0.3 is 15.2 Å². The van der Waals surface area contributed by atoms with Crippen LogP contribution in [0.2, 0.25) is 5.02 Å². The van der Waals surface area contributed by atoms with Crippen LogP contribution >= 0.6 is 11.6 Å². The number of methoxy groups -OCH3 is 1. The number of hydrogen-bond acceptors (Lipinski definition) is 4. The highest BCUT2D eigenvalue weighted by molar-refractivity contribution is 6.31. The number of nitrogens with zero attached hydrogens (tertiary/aromatic N) is 1. The molecule has 1 aromatic carbocycles. The van der Waals surface area contributed by atoms with Gasteiger partial charge in [-0.25, -0.2) is 0 Å². The topological polar surface area (TPSA) is 54.4 Å². The fourth-order valence-corrected chi connectivity index (χ4v) is 2.09. The van der Waals surface area contributed by atoms with Gasteiger partial charge in [-0.15, -0.1) is 0 Å². The van der Waals surface area contributed by atoms with Crippen molar-refractivity contribution in [3.05, 3.63) is 35.5 Å². The molecule has 1 unspecified atom stereocenters. The highest BCUT2D eigenvalue weighted by Crippen LogP contribution is 2.24. The van der Waals surface area contributed by atoms with E-state index in [1.807, 2.05) is 24.3 Å². The van der Waals surface area contributed by atoms with E-state index in [1.165, 1.54) is 0 Å². The molecule has 0 saturated heterocycles. The molecule has 4 nitrogen and oxygen atoms in total. The lowest BCUT2D eigenvalue weighted by atomic mass is 10.2. The van der Waals surface area contributed by atoms with Gasteiger partial charge in [-0.1, -0.05) is 11.6 Å². The molecular weight excluding hydrogens is 264 g/mol. The van der Waals surface area contributed by atoms with Crippen LogP contribution < -0.4 is 5.32 Å². The van der Waals surface area contributed by atoms with Crippen molar-refractivity contribution < 1.29 is 9.84 Å². The van der Waals surface area contributed by atoms with Gasteiger partial charge in [0, 0.05) is 35.9 Å². The lowest BCUT2D eigenvalue weighted by molar-refractivity contribution is 0.0615. The number of anilines is 1. The smallest absolute Gasteiger partial charge is 0.0790 e. The van der Waals surface area contributed by atoms with Crippen LogP contribution in [-0.4, -0.2) is 36.5 Å². The van der Waals surface area contributed by atoms with Crippen LogP contribution in [0.15, 0.2) is 30.5 Å². The molecule has 0 aliphatic rings. The molecule has 19 heavy (non-hydrogen) atoms. The van der Waals surface area contributed by atoms with E-state index in [1.54, 1.807) is 13.3 Å². The minimum absolute atomic E-state index is 0.352. The number of aliphatic hydroxyl groups excluding tert-OH is 1. The number of rotatable bonds is 6. The van der Waals surface area contributed by atoms with Gasteiger partial charge in [-0.3, -0.25) is 4.98 Å². The molecule has 5 heteroatoms. The summed E-state index contributed by atoms with van der Waals surface area (Å²) in [7, 11) is 1.58. The van der Waals surface area contributed by atoms with Crippen LogP contribution in [0.5, 0.6) is 0 Å². The van der Waals surface area contributed by atoms with Crippen molar-refractivity contribution in [2.45, 2.75) is 12.5 Å². The molecule has 102 valence electrons. The zero-order valence-electron chi connectivity index (χ0n) is 10.8. The predicted molar refractivity (Wildman–Crippen MR) is 77.7 cm³/mol. The van der Waals surface area contributed by atoms with Crippen molar-refractivity contribution >= 4 is 28.2 Å². The SMILES string of the molecule is COCC(O)CCNc1ccnc2ccc(Cl)cc12. The molecule has 0 spiro atoms. The van der Waals surface area contributed by atoms with E-state index >= 15 is 0 Å². The van der Waals surface area contributed by atoms with Gasteiger partial charge in [0.25, 0.3) is 0 Å². The summed E-state index contributed by atoms with van der Waals surface area (Å²) in [5, 5.41) is 14.5. The molecule has 0 amide bonds. The quantitative estimate of drug-likeness (QED) is 0.854.